The van der Waals surface area contributed by atoms with Crippen molar-refractivity contribution in [2.24, 2.45) is 0 Å². The lowest BCUT2D eigenvalue weighted by Crippen LogP contribution is -2.34. The van der Waals surface area contributed by atoms with Crippen molar-refractivity contribution in [3.8, 4) is 0 Å². The minimum Gasteiger partial charge on any atom is -0.444 e. The molecule has 0 fully saturated rings. The summed E-state index contributed by atoms with van der Waals surface area (Å²) in [6, 6.07) is 4.76. The van der Waals surface area contributed by atoms with Gasteiger partial charge in [-0.3, -0.25) is 4.68 Å². The highest BCUT2D eigenvalue weighted by molar-refractivity contribution is 14.1. The molecule has 0 atom stereocenters. The van der Waals surface area contributed by atoms with Crippen LogP contribution in [0.2, 0.25) is 0 Å². The first-order valence-corrected chi connectivity index (χ1v) is 9.51. The third-order valence-corrected chi connectivity index (χ3v) is 4.53. The van der Waals surface area contributed by atoms with Crippen molar-refractivity contribution < 1.29 is 13.9 Å². The Hall–Kier alpha value is -1.38. The van der Waals surface area contributed by atoms with E-state index in [0.29, 0.717) is 6.54 Å². The van der Waals surface area contributed by atoms with Crippen molar-refractivity contribution >= 4 is 39.6 Å². The summed E-state index contributed by atoms with van der Waals surface area (Å²) >= 11 is 2.13. The van der Waals surface area contributed by atoms with Crippen LogP contribution in [0.5, 0.6) is 0 Å². The van der Waals surface area contributed by atoms with Crippen molar-refractivity contribution in [1.29, 1.82) is 0 Å². The first-order valence-electron chi connectivity index (χ1n) is 8.43. The van der Waals surface area contributed by atoms with Gasteiger partial charge in [0.1, 0.15) is 15.1 Å². The van der Waals surface area contributed by atoms with Crippen LogP contribution in [0.4, 0.5) is 9.18 Å². The van der Waals surface area contributed by atoms with Gasteiger partial charge in [-0.05, 0) is 80.8 Å². The summed E-state index contributed by atoms with van der Waals surface area (Å²) in [5.41, 5.74) is 0.486. The van der Waals surface area contributed by atoms with Gasteiger partial charge in [-0.25, -0.2) is 9.18 Å². The first kappa shape index (κ1) is 19.9. The van der Waals surface area contributed by atoms with Crippen LogP contribution in [-0.2, 0) is 11.3 Å². The van der Waals surface area contributed by atoms with Crippen LogP contribution in [0.25, 0.3) is 10.9 Å². The lowest BCUT2D eigenvalue weighted by Gasteiger charge is -2.24. The number of halogens is 2. The molecule has 0 radical (unpaired) electrons. The van der Waals surface area contributed by atoms with Crippen LogP contribution in [0.15, 0.2) is 18.2 Å². The molecular weight excluding hydrogens is 436 g/mol. The molecule has 138 valence electrons. The second-order valence-electron chi connectivity index (χ2n) is 7.14. The Morgan fingerprint density at radius 3 is 2.72 bits per heavy atom. The normalized spacial score (nSPS) is 11.8. The Labute approximate surface area is 161 Å². The average Bonchev–Trinajstić information content (AvgIpc) is 2.81. The number of amides is 1. The summed E-state index contributed by atoms with van der Waals surface area (Å²) in [7, 11) is 1.76. The largest absolute Gasteiger partial charge is 0.444 e. The summed E-state index contributed by atoms with van der Waals surface area (Å²) in [6.45, 7) is 7.03. The van der Waals surface area contributed by atoms with Crippen molar-refractivity contribution in [2.75, 3.05) is 13.6 Å². The van der Waals surface area contributed by atoms with E-state index in [0.717, 1.165) is 40.4 Å². The Morgan fingerprint density at radius 1 is 1.32 bits per heavy atom. The van der Waals surface area contributed by atoms with Crippen molar-refractivity contribution in [2.45, 2.75) is 52.2 Å². The van der Waals surface area contributed by atoms with E-state index < -0.39 is 5.60 Å². The Morgan fingerprint density at radius 2 is 2.04 bits per heavy atom. The molecule has 0 spiro atoms. The van der Waals surface area contributed by atoms with E-state index in [9.17, 15) is 9.18 Å². The minimum atomic E-state index is -0.469. The molecule has 2 aromatic rings. The predicted octanol–water partition coefficient (Wildman–Crippen LogP) is 4.82. The molecule has 0 aliphatic rings. The number of nitrogens with zero attached hydrogens (tertiary/aromatic N) is 3. The molecule has 1 heterocycles. The lowest BCUT2D eigenvalue weighted by atomic mass is 10.2. The molecule has 2 rings (SSSR count). The number of unbranched alkanes of at least 4 members (excludes halogenated alkanes) is 2. The molecule has 0 saturated carbocycles. The highest BCUT2D eigenvalue weighted by Gasteiger charge is 2.19. The number of aryl methyl sites for hydroxylation is 1. The third-order valence-electron chi connectivity index (χ3n) is 3.74. The molecule has 25 heavy (non-hydrogen) atoms. The Balaban J connectivity index is 1.78. The van der Waals surface area contributed by atoms with E-state index in [1.807, 2.05) is 25.5 Å². The van der Waals surface area contributed by atoms with Gasteiger partial charge in [-0.1, -0.05) is 0 Å². The molecule has 5 nitrogen and oxygen atoms in total. The molecule has 1 amide bonds. The molecule has 0 unspecified atom stereocenters. The lowest BCUT2D eigenvalue weighted by molar-refractivity contribution is 0.0296. The number of hydrogen-bond donors (Lipinski definition) is 0. The summed E-state index contributed by atoms with van der Waals surface area (Å²) in [5, 5.41) is 5.34. The molecular formula is C18H25FIN3O2. The molecule has 0 bridgehead atoms. The molecule has 0 N–H and O–H groups in total. The standard InChI is InChI=1S/C18H25FIN3O2/c1-18(2,3)25-17(24)22(4)10-6-5-7-11-23-15-9-8-13(19)12-14(15)16(20)21-23/h8-9,12H,5-7,10-11H2,1-4H3. The predicted molar refractivity (Wildman–Crippen MR) is 105 cm³/mol. The maximum absolute atomic E-state index is 13.3. The van der Waals surface area contributed by atoms with Crippen LogP contribution in [-0.4, -0.2) is 40.0 Å². The highest BCUT2D eigenvalue weighted by atomic mass is 127. The van der Waals surface area contributed by atoms with Crippen LogP contribution in [0, 0.1) is 9.52 Å². The topological polar surface area (TPSA) is 47.4 Å². The molecule has 1 aromatic heterocycles. The average molecular weight is 461 g/mol. The first-order chi connectivity index (χ1) is 11.7. The summed E-state index contributed by atoms with van der Waals surface area (Å²) in [5.74, 6) is -0.241. The molecule has 0 aliphatic heterocycles. The second kappa shape index (κ2) is 8.33. The summed E-state index contributed by atoms with van der Waals surface area (Å²) in [6.07, 6.45) is 2.54. The number of rotatable bonds is 6. The second-order valence-corrected chi connectivity index (χ2v) is 8.16. The zero-order chi connectivity index (χ0) is 18.6. The van der Waals surface area contributed by atoms with E-state index >= 15 is 0 Å². The number of benzene rings is 1. The maximum atomic E-state index is 13.3. The van der Waals surface area contributed by atoms with Crippen molar-refractivity contribution in [3.05, 3.63) is 27.7 Å². The fourth-order valence-electron chi connectivity index (χ4n) is 2.50. The number of fused-ring (bicyclic) bond motifs is 1. The van der Waals surface area contributed by atoms with Crippen LogP contribution in [0.1, 0.15) is 40.0 Å². The Kier molecular flexibility index (Phi) is 6.65. The van der Waals surface area contributed by atoms with Crippen LogP contribution < -0.4 is 0 Å². The molecule has 7 heteroatoms. The van der Waals surface area contributed by atoms with Gasteiger partial charge in [-0.2, -0.15) is 5.10 Å². The minimum absolute atomic E-state index is 0.241. The number of ether oxygens (including phenoxy) is 1. The van der Waals surface area contributed by atoms with Gasteiger partial charge in [0.25, 0.3) is 0 Å². The number of carbonyl (C=O) groups is 1. The van der Waals surface area contributed by atoms with E-state index in [4.69, 9.17) is 4.74 Å². The monoisotopic (exact) mass is 461 g/mol. The van der Waals surface area contributed by atoms with Crippen molar-refractivity contribution in [3.63, 3.8) is 0 Å². The number of hydrogen-bond acceptors (Lipinski definition) is 3. The third kappa shape index (κ3) is 5.83. The van der Waals surface area contributed by atoms with Crippen molar-refractivity contribution in [1.82, 2.24) is 14.7 Å². The van der Waals surface area contributed by atoms with Gasteiger partial charge in [-0.15, -0.1) is 0 Å². The fourth-order valence-corrected chi connectivity index (χ4v) is 3.19. The van der Waals surface area contributed by atoms with Gasteiger partial charge in [0, 0.05) is 25.5 Å². The van der Waals surface area contributed by atoms with Crippen LogP contribution >= 0.6 is 22.6 Å². The van der Waals surface area contributed by atoms with E-state index in [-0.39, 0.29) is 11.9 Å². The van der Waals surface area contributed by atoms with Gasteiger partial charge in [0.2, 0.25) is 0 Å². The summed E-state index contributed by atoms with van der Waals surface area (Å²) in [4.78, 5) is 13.5. The van der Waals surface area contributed by atoms with Gasteiger partial charge >= 0.3 is 6.09 Å². The number of aromatic nitrogens is 2. The van der Waals surface area contributed by atoms with E-state index in [1.165, 1.54) is 12.1 Å². The number of carbonyl (C=O) groups excluding carboxylic acids is 1. The SMILES string of the molecule is CN(CCCCCn1nc(I)c2cc(F)ccc21)C(=O)OC(C)(C)C. The zero-order valence-electron chi connectivity index (χ0n) is 15.2. The Bertz CT molecular complexity index is 740. The molecule has 0 saturated heterocycles. The fraction of sp³-hybridized carbons (Fsp3) is 0.556. The molecule has 1 aromatic carbocycles. The van der Waals surface area contributed by atoms with E-state index in [2.05, 4.69) is 27.7 Å². The molecule has 0 aliphatic carbocycles. The zero-order valence-corrected chi connectivity index (χ0v) is 17.3. The summed E-state index contributed by atoms with van der Waals surface area (Å²) < 4.78 is 21.4. The van der Waals surface area contributed by atoms with Gasteiger partial charge < -0.3 is 9.64 Å². The smallest absolute Gasteiger partial charge is 0.410 e. The van der Waals surface area contributed by atoms with E-state index in [1.54, 1.807) is 18.0 Å². The van der Waals surface area contributed by atoms with Gasteiger partial charge in [0.05, 0.1) is 5.52 Å². The highest BCUT2D eigenvalue weighted by Crippen LogP contribution is 2.21. The quantitative estimate of drug-likeness (QED) is 0.458. The van der Waals surface area contributed by atoms with Gasteiger partial charge in [0.15, 0.2) is 0 Å². The van der Waals surface area contributed by atoms with Crippen LogP contribution in [0.3, 0.4) is 0 Å². The maximum Gasteiger partial charge on any atom is 0.410 e.